The molecular weight excluding hydrogens is 262 g/mol. The number of carbonyl (C=O) groups is 1. The Morgan fingerprint density at radius 3 is 2.53 bits per heavy atom. The Morgan fingerprint density at radius 2 is 2.05 bits per heavy atom. The molecule has 2 rings (SSSR count). The number of thiazole rings is 1. The van der Waals surface area contributed by atoms with Gasteiger partial charge in [0.05, 0.1) is 16.1 Å². The highest BCUT2D eigenvalue weighted by molar-refractivity contribution is 7.16. The van der Waals surface area contributed by atoms with E-state index in [4.69, 9.17) is 10.8 Å². The van der Waals surface area contributed by atoms with Gasteiger partial charge in [0.1, 0.15) is 0 Å². The number of carboxylic acid groups (broad SMARTS) is 1. The zero-order valence-electron chi connectivity index (χ0n) is 10.7. The first-order valence-corrected chi connectivity index (χ1v) is 6.62. The predicted octanol–water partition coefficient (Wildman–Crippen LogP) is 2.57. The highest BCUT2D eigenvalue weighted by Crippen LogP contribution is 2.34. The van der Waals surface area contributed by atoms with Gasteiger partial charge in [-0.2, -0.15) is 0 Å². The molecule has 4 N–H and O–H groups in total. The molecule has 1 aromatic carbocycles. The number of nitrogens with zero attached hydrogens (tertiary/aromatic N) is 1. The van der Waals surface area contributed by atoms with Gasteiger partial charge in [-0.15, -0.1) is 0 Å². The van der Waals surface area contributed by atoms with Crippen LogP contribution in [0.1, 0.15) is 28.2 Å². The summed E-state index contributed by atoms with van der Waals surface area (Å²) in [6.07, 6.45) is 0. The predicted molar refractivity (Wildman–Crippen MR) is 76.7 cm³/mol. The average Bonchev–Trinajstić information content (AvgIpc) is 2.83. The van der Waals surface area contributed by atoms with Crippen molar-refractivity contribution in [3.63, 3.8) is 0 Å². The minimum atomic E-state index is -0.937. The minimum Gasteiger partial charge on any atom is -0.478 e. The van der Waals surface area contributed by atoms with Crippen molar-refractivity contribution in [2.45, 2.75) is 13.0 Å². The van der Waals surface area contributed by atoms with Gasteiger partial charge in [0.15, 0.2) is 5.13 Å². The molecule has 1 unspecified atom stereocenters. The van der Waals surface area contributed by atoms with E-state index >= 15 is 0 Å². The standard InChI is InChI=1S/C13H15N3O2S/c1-7(14)11-10(16-13(15-2)19-11)8-3-5-9(6-4-8)12(17)18/h3-7H,14H2,1-2H3,(H,15,16)(H,17,18). The van der Waals surface area contributed by atoms with Gasteiger partial charge in [-0.25, -0.2) is 9.78 Å². The molecule has 0 bridgehead atoms. The fourth-order valence-corrected chi connectivity index (χ4v) is 2.62. The number of anilines is 1. The van der Waals surface area contributed by atoms with Crippen molar-refractivity contribution < 1.29 is 9.90 Å². The number of aromatic nitrogens is 1. The summed E-state index contributed by atoms with van der Waals surface area (Å²) in [5, 5.41) is 12.7. The fourth-order valence-electron chi connectivity index (χ4n) is 1.72. The van der Waals surface area contributed by atoms with Crippen LogP contribution in [0.2, 0.25) is 0 Å². The lowest BCUT2D eigenvalue weighted by Crippen LogP contribution is -2.04. The Morgan fingerprint density at radius 1 is 1.42 bits per heavy atom. The average molecular weight is 277 g/mol. The van der Waals surface area contributed by atoms with E-state index in [9.17, 15) is 4.79 Å². The van der Waals surface area contributed by atoms with Crippen molar-refractivity contribution in [2.75, 3.05) is 12.4 Å². The fraction of sp³-hybridized carbons (Fsp3) is 0.231. The van der Waals surface area contributed by atoms with E-state index in [-0.39, 0.29) is 11.6 Å². The third-order valence-electron chi connectivity index (χ3n) is 2.69. The molecule has 100 valence electrons. The zero-order valence-corrected chi connectivity index (χ0v) is 11.5. The normalized spacial score (nSPS) is 12.2. The number of aromatic carboxylic acids is 1. The summed E-state index contributed by atoms with van der Waals surface area (Å²) >= 11 is 1.51. The number of rotatable bonds is 4. The molecule has 1 aromatic heterocycles. The summed E-state index contributed by atoms with van der Waals surface area (Å²) in [6.45, 7) is 1.90. The lowest BCUT2D eigenvalue weighted by atomic mass is 10.1. The number of benzene rings is 1. The lowest BCUT2D eigenvalue weighted by Gasteiger charge is -2.05. The second-order valence-electron chi connectivity index (χ2n) is 4.15. The lowest BCUT2D eigenvalue weighted by molar-refractivity contribution is 0.0697. The van der Waals surface area contributed by atoms with Crippen LogP contribution in [0.3, 0.4) is 0 Å². The van der Waals surface area contributed by atoms with Gasteiger partial charge in [-0.1, -0.05) is 23.5 Å². The molecule has 19 heavy (non-hydrogen) atoms. The van der Waals surface area contributed by atoms with Crippen LogP contribution in [0.15, 0.2) is 24.3 Å². The maximum atomic E-state index is 10.8. The van der Waals surface area contributed by atoms with Crippen molar-refractivity contribution in [2.24, 2.45) is 5.73 Å². The highest BCUT2D eigenvalue weighted by atomic mass is 32.1. The summed E-state index contributed by atoms with van der Waals surface area (Å²) in [5.74, 6) is -0.937. The van der Waals surface area contributed by atoms with Crippen LogP contribution in [0.4, 0.5) is 5.13 Å². The van der Waals surface area contributed by atoms with Crippen molar-refractivity contribution in [1.82, 2.24) is 4.98 Å². The van der Waals surface area contributed by atoms with Crippen molar-refractivity contribution >= 4 is 22.4 Å². The van der Waals surface area contributed by atoms with Gasteiger partial charge < -0.3 is 16.2 Å². The van der Waals surface area contributed by atoms with Gasteiger partial charge in [0, 0.05) is 18.7 Å². The molecule has 1 atom stereocenters. The SMILES string of the molecule is CNc1nc(-c2ccc(C(=O)O)cc2)c(C(C)N)s1. The minimum absolute atomic E-state index is 0.117. The Labute approximate surface area is 115 Å². The van der Waals surface area contributed by atoms with E-state index in [0.29, 0.717) is 0 Å². The van der Waals surface area contributed by atoms with E-state index in [0.717, 1.165) is 21.3 Å². The maximum absolute atomic E-state index is 10.8. The Bertz CT molecular complexity index is 590. The van der Waals surface area contributed by atoms with Gasteiger partial charge in [-0.3, -0.25) is 0 Å². The number of hydrogen-bond donors (Lipinski definition) is 3. The first-order valence-electron chi connectivity index (χ1n) is 5.80. The van der Waals surface area contributed by atoms with Crippen LogP contribution in [-0.2, 0) is 0 Å². The van der Waals surface area contributed by atoms with E-state index < -0.39 is 5.97 Å². The molecule has 0 amide bonds. The largest absolute Gasteiger partial charge is 0.478 e. The second-order valence-corrected chi connectivity index (χ2v) is 5.18. The quantitative estimate of drug-likeness (QED) is 0.799. The third-order valence-corrected chi connectivity index (χ3v) is 3.96. The summed E-state index contributed by atoms with van der Waals surface area (Å²) in [7, 11) is 1.81. The van der Waals surface area contributed by atoms with Crippen molar-refractivity contribution in [1.29, 1.82) is 0 Å². The van der Waals surface area contributed by atoms with E-state index in [1.807, 2.05) is 6.92 Å². The molecule has 0 aliphatic rings. The Kier molecular flexibility index (Phi) is 3.82. The monoisotopic (exact) mass is 277 g/mol. The molecule has 0 saturated carbocycles. The summed E-state index contributed by atoms with van der Waals surface area (Å²) in [5.41, 5.74) is 7.88. The summed E-state index contributed by atoms with van der Waals surface area (Å²) in [4.78, 5) is 16.3. The highest BCUT2D eigenvalue weighted by Gasteiger charge is 2.16. The van der Waals surface area contributed by atoms with E-state index in [1.54, 1.807) is 31.3 Å². The number of nitrogens with two attached hydrogens (primary N) is 1. The first-order chi connectivity index (χ1) is 9.02. The first kappa shape index (κ1) is 13.5. The Balaban J connectivity index is 2.45. The third kappa shape index (κ3) is 2.74. The number of nitrogens with one attached hydrogen (secondary N) is 1. The molecule has 0 radical (unpaired) electrons. The molecular formula is C13H15N3O2S. The van der Waals surface area contributed by atoms with Crippen LogP contribution >= 0.6 is 11.3 Å². The van der Waals surface area contributed by atoms with Gasteiger partial charge in [0.25, 0.3) is 0 Å². The molecule has 0 fully saturated rings. The van der Waals surface area contributed by atoms with Crippen molar-refractivity contribution in [3.05, 3.63) is 34.7 Å². The summed E-state index contributed by atoms with van der Waals surface area (Å²) < 4.78 is 0. The van der Waals surface area contributed by atoms with Crippen LogP contribution in [0, 0.1) is 0 Å². The molecule has 6 heteroatoms. The maximum Gasteiger partial charge on any atom is 0.335 e. The van der Waals surface area contributed by atoms with Crippen LogP contribution in [-0.4, -0.2) is 23.1 Å². The number of hydrogen-bond acceptors (Lipinski definition) is 5. The van der Waals surface area contributed by atoms with Crippen LogP contribution in [0.5, 0.6) is 0 Å². The van der Waals surface area contributed by atoms with E-state index in [1.165, 1.54) is 11.3 Å². The molecule has 0 aliphatic carbocycles. The number of carboxylic acids is 1. The van der Waals surface area contributed by atoms with Crippen LogP contribution < -0.4 is 11.1 Å². The molecule has 5 nitrogen and oxygen atoms in total. The molecule has 0 spiro atoms. The van der Waals surface area contributed by atoms with Gasteiger partial charge in [-0.05, 0) is 19.1 Å². The zero-order chi connectivity index (χ0) is 14.0. The van der Waals surface area contributed by atoms with E-state index in [2.05, 4.69) is 10.3 Å². The van der Waals surface area contributed by atoms with Crippen LogP contribution in [0.25, 0.3) is 11.3 Å². The molecule has 0 saturated heterocycles. The second kappa shape index (κ2) is 5.38. The molecule has 2 aromatic rings. The molecule has 0 aliphatic heterocycles. The smallest absolute Gasteiger partial charge is 0.335 e. The van der Waals surface area contributed by atoms with Crippen molar-refractivity contribution in [3.8, 4) is 11.3 Å². The van der Waals surface area contributed by atoms with Gasteiger partial charge in [0.2, 0.25) is 0 Å². The molecule has 1 heterocycles. The Hall–Kier alpha value is -1.92. The van der Waals surface area contributed by atoms with Gasteiger partial charge >= 0.3 is 5.97 Å². The topological polar surface area (TPSA) is 88.2 Å². The summed E-state index contributed by atoms with van der Waals surface area (Å²) in [6, 6.07) is 6.53.